The average Bonchev–Trinajstić information content (AvgIpc) is 3.67. The molecule has 0 bridgehead atoms. The van der Waals surface area contributed by atoms with E-state index in [1.165, 1.54) is 12.8 Å². The van der Waals surface area contributed by atoms with Gasteiger partial charge in [0.15, 0.2) is 0 Å². The molecule has 3 atom stereocenters. The summed E-state index contributed by atoms with van der Waals surface area (Å²) in [5.74, 6) is -0.801. The first kappa shape index (κ1) is 70.7. The van der Waals surface area contributed by atoms with E-state index in [2.05, 4.69) is 26.6 Å². The van der Waals surface area contributed by atoms with Gasteiger partial charge in [0.2, 0.25) is 0 Å². The van der Waals surface area contributed by atoms with Crippen molar-refractivity contribution in [2.45, 2.75) is 301 Å². The van der Waals surface area contributed by atoms with E-state index in [9.17, 15) is 24.0 Å². The van der Waals surface area contributed by atoms with E-state index in [0.29, 0.717) is 18.7 Å². The van der Waals surface area contributed by atoms with E-state index >= 15 is 0 Å². The first-order chi connectivity index (χ1) is 30.5. The quantitative estimate of drug-likeness (QED) is 0.0510. The molecule has 0 aromatic rings. The fourth-order valence-corrected chi connectivity index (χ4v) is 6.57. The fourth-order valence-electron chi connectivity index (χ4n) is 6.57. The molecule has 0 aromatic heterocycles. The van der Waals surface area contributed by atoms with Gasteiger partial charge in [-0.3, -0.25) is 29.3 Å². The number of hydrogen-bond acceptors (Lipinski definition) is 15. The van der Waals surface area contributed by atoms with Gasteiger partial charge in [0.05, 0.1) is 18.8 Å². The van der Waals surface area contributed by atoms with Crippen LogP contribution in [0.1, 0.15) is 218 Å². The van der Waals surface area contributed by atoms with Crippen molar-refractivity contribution in [2.24, 2.45) is 0 Å². The smallest absolute Gasteiger partial charge is 0.326 e. The van der Waals surface area contributed by atoms with Gasteiger partial charge in [-0.1, -0.05) is 48.5 Å². The Labute approximate surface area is 410 Å². The molecule has 0 aliphatic heterocycles. The second-order valence-electron chi connectivity index (χ2n) is 21.2. The van der Waals surface area contributed by atoms with Crippen molar-refractivity contribution in [3.05, 3.63) is 0 Å². The van der Waals surface area contributed by atoms with Crippen LogP contribution in [0.4, 0.5) is 0 Å². The van der Waals surface area contributed by atoms with Gasteiger partial charge in [0.1, 0.15) is 41.4 Å². The predicted molar refractivity (Wildman–Crippen MR) is 275 cm³/mol. The molecule has 1 aliphatic rings. The van der Waals surface area contributed by atoms with Gasteiger partial charge in [-0.2, -0.15) is 0 Å². The molecule has 67 heavy (non-hydrogen) atoms. The van der Waals surface area contributed by atoms with Crippen LogP contribution in [0.2, 0.25) is 0 Å². The van der Waals surface area contributed by atoms with Crippen LogP contribution >= 0.6 is 0 Å². The summed E-state index contributed by atoms with van der Waals surface area (Å²) < 4.78 is 25.9. The summed E-state index contributed by atoms with van der Waals surface area (Å²) in [7, 11) is 0. The number of esters is 5. The Morgan fingerprint density at radius 2 is 0.925 bits per heavy atom. The van der Waals surface area contributed by atoms with Gasteiger partial charge in [0.25, 0.3) is 0 Å². The van der Waals surface area contributed by atoms with Crippen LogP contribution in [0.3, 0.4) is 0 Å². The molecule has 1 saturated carbocycles. The van der Waals surface area contributed by atoms with Crippen molar-refractivity contribution in [1.82, 2.24) is 26.6 Å². The fraction of sp³-hybridized carbons (Fsp3) is 0.904. The summed E-state index contributed by atoms with van der Waals surface area (Å²) in [6.07, 6.45) is 7.15. The van der Waals surface area contributed by atoms with E-state index < -0.39 is 11.1 Å². The lowest BCUT2D eigenvalue weighted by Gasteiger charge is -2.27. The Kier molecular flexibility index (Phi) is 39.1. The van der Waals surface area contributed by atoms with Crippen LogP contribution in [0.25, 0.3) is 0 Å². The number of rotatable bonds is 22. The summed E-state index contributed by atoms with van der Waals surface area (Å²) >= 11 is 0. The zero-order valence-electron chi connectivity index (χ0n) is 47.6. The lowest BCUT2D eigenvalue weighted by atomic mass is 10.1. The van der Waals surface area contributed by atoms with Crippen molar-refractivity contribution in [1.29, 1.82) is 0 Å². The van der Waals surface area contributed by atoms with Crippen molar-refractivity contribution >= 4 is 29.8 Å². The standard InChI is InChI=1S/C12H23NO2.C11H23NO2.2C10H21NO2.C9H19NO2/c1-9(13-12(2,3)4)11(14)15-10-7-5-6-8-10;1-6-10(7-2)14-11(13)9(5)12-8(3)4;1-7(2)11-10(5,6)9(12)13-8(3)4;1-6-9(11-7(2)3)10(12)13-8(4)5;1-6-12-8(11)9(4,5)10-7(2)3/h9-10,13H,5-8H2,1-4H3;8-10,12H,6-7H2,1-5H3;7-8,11H,1-6H3;7-9,11H,6H2,1-5H3;7,10H,6H2,1-5H3/t2*9-;;9-;/m00.0./s1. The minimum Gasteiger partial charge on any atom is -0.465 e. The Morgan fingerprint density at radius 3 is 1.27 bits per heavy atom. The predicted octanol–water partition coefficient (Wildman–Crippen LogP) is 9.11. The third-order valence-corrected chi connectivity index (χ3v) is 9.24. The number of hydrogen-bond donors (Lipinski definition) is 5. The number of ether oxygens (including phenoxy) is 5. The van der Waals surface area contributed by atoms with Crippen LogP contribution < -0.4 is 26.6 Å². The number of nitrogens with one attached hydrogen (secondary N) is 5. The molecular formula is C52H107N5O10. The van der Waals surface area contributed by atoms with Gasteiger partial charge in [-0.05, 0) is 170 Å². The highest BCUT2D eigenvalue weighted by Crippen LogP contribution is 2.21. The molecular weight excluding hydrogens is 855 g/mol. The molecule has 15 nitrogen and oxygen atoms in total. The van der Waals surface area contributed by atoms with E-state index in [-0.39, 0.29) is 90.0 Å². The normalized spacial score (nSPS) is 14.4. The van der Waals surface area contributed by atoms with Crippen molar-refractivity contribution in [3.8, 4) is 0 Å². The second-order valence-corrected chi connectivity index (χ2v) is 21.2. The number of carbonyl (C=O) groups excluding carboxylic acids is 5. The molecule has 1 rings (SSSR count). The van der Waals surface area contributed by atoms with Gasteiger partial charge in [-0.25, -0.2) is 0 Å². The van der Waals surface area contributed by atoms with Gasteiger partial charge < -0.3 is 45.0 Å². The Bertz CT molecular complexity index is 1320. The summed E-state index contributed by atoms with van der Waals surface area (Å²) in [4.78, 5) is 57.5. The summed E-state index contributed by atoms with van der Waals surface area (Å²) in [5.41, 5.74) is -1.23. The highest BCUT2D eigenvalue weighted by Gasteiger charge is 2.31. The highest BCUT2D eigenvalue weighted by atomic mass is 16.6. The van der Waals surface area contributed by atoms with E-state index in [1.54, 1.807) is 0 Å². The summed E-state index contributed by atoms with van der Waals surface area (Å²) in [5, 5.41) is 15.8. The zero-order valence-corrected chi connectivity index (χ0v) is 47.6. The maximum Gasteiger partial charge on any atom is 0.326 e. The molecule has 0 amide bonds. The summed E-state index contributed by atoms with van der Waals surface area (Å²) in [6.45, 7) is 48.9. The van der Waals surface area contributed by atoms with E-state index in [1.807, 2.05) is 173 Å². The molecule has 0 spiro atoms. The second kappa shape index (κ2) is 37.0. The van der Waals surface area contributed by atoms with Crippen molar-refractivity contribution in [3.63, 3.8) is 0 Å². The first-order valence-corrected chi connectivity index (χ1v) is 25.4. The third-order valence-electron chi connectivity index (χ3n) is 9.24. The SMILES string of the molecule is CC(C)NC(C)(C)C(=O)OC(C)C.CCC(CC)OC(=O)[C@H](C)NC(C)C.CCOC(=O)C(C)(C)NC(C)C.CC[C@H](NC(C)C)C(=O)OC(C)C.C[C@H](NC(C)(C)C)C(=O)OC1CCCC1. The van der Waals surface area contributed by atoms with Gasteiger partial charge in [0, 0.05) is 29.7 Å². The van der Waals surface area contributed by atoms with Gasteiger partial charge in [-0.15, -0.1) is 0 Å². The molecule has 0 aromatic carbocycles. The zero-order chi connectivity index (χ0) is 53.5. The molecule has 5 N–H and O–H groups in total. The Hall–Kier alpha value is -2.85. The maximum atomic E-state index is 11.7. The van der Waals surface area contributed by atoms with Crippen molar-refractivity contribution < 1.29 is 47.7 Å². The van der Waals surface area contributed by atoms with Crippen LogP contribution in [-0.2, 0) is 47.7 Å². The lowest BCUT2D eigenvalue weighted by Crippen LogP contribution is -2.51. The lowest BCUT2D eigenvalue weighted by molar-refractivity contribution is -0.154. The van der Waals surface area contributed by atoms with Crippen molar-refractivity contribution in [2.75, 3.05) is 6.61 Å². The minimum absolute atomic E-state index is 0.0319. The molecule has 0 unspecified atom stereocenters. The Morgan fingerprint density at radius 1 is 0.493 bits per heavy atom. The third kappa shape index (κ3) is 40.7. The number of carbonyl (C=O) groups is 5. The Balaban J connectivity index is -0.000000371. The monoisotopic (exact) mass is 962 g/mol. The van der Waals surface area contributed by atoms with E-state index in [0.717, 1.165) is 32.1 Å². The maximum absolute atomic E-state index is 11.7. The van der Waals surface area contributed by atoms with Crippen LogP contribution in [0.15, 0.2) is 0 Å². The van der Waals surface area contributed by atoms with Crippen LogP contribution in [-0.4, -0.2) is 120 Å². The molecule has 0 saturated heterocycles. The molecule has 0 heterocycles. The van der Waals surface area contributed by atoms with Crippen LogP contribution in [0.5, 0.6) is 0 Å². The summed E-state index contributed by atoms with van der Waals surface area (Å²) in [6, 6.07) is 0.576. The van der Waals surface area contributed by atoms with E-state index in [4.69, 9.17) is 23.7 Å². The van der Waals surface area contributed by atoms with Crippen LogP contribution in [0, 0.1) is 0 Å². The highest BCUT2D eigenvalue weighted by molar-refractivity contribution is 5.80. The molecule has 400 valence electrons. The topological polar surface area (TPSA) is 192 Å². The average molecular weight is 962 g/mol. The molecule has 15 heteroatoms. The first-order valence-electron chi connectivity index (χ1n) is 25.4. The molecule has 0 radical (unpaired) electrons. The largest absolute Gasteiger partial charge is 0.465 e. The minimum atomic E-state index is -0.599. The van der Waals surface area contributed by atoms with Gasteiger partial charge >= 0.3 is 29.8 Å². The molecule has 1 aliphatic carbocycles. The molecule has 1 fully saturated rings.